The Morgan fingerprint density at radius 3 is 2.77 bits per heavy atom. The molecule has 22 heavy (non-hydrogen) atoms. The molecule has 4 nitrogen and oxygen atoms in total. The third kappa shape index (κ3) is 4.60. The van der Waals surface area contributed by atoms with Crippen LogP contribution in [-0.2, 0) is 17.8 Å². The molecule has 0 bridgehead atoms. The van der Waals surface area contributed by atoms with Crippen LogP contribution in [-0.4, -0.2) is 12.5 Å². The third-order valence-electron chi connectivity index (χ3n) is 3.42. The first-order valence-corrected chi connectivity index (χ1v) is 7.52. The summed E-state index contributed by atoms with van der Waals surface area (Å²) in [6.45, 7) is 2.85. The molecule has 0 heterocycles. The van der Waals surface area contributed by atoms with Gasteiger partial charge in [-0.25, -0.2) is 0 Å². The Balaban J connectivity index is 1.82. The van der Waals surface area contributed by atoms with Gasteiger partial charge in [-0.05, 0) is 35.7 Å². The van der Waals surface area contributed by atoms with Gasteiger partial charge < -0.3 is 15.8 Å². The van der Waals surface area contributed by atoms with Gasteiger partial charge in [-0.3, -0.25) is 4.79 Å². The summed E-state index contributed by atoms with van der Waals surface area (Å²) in [6.07, 6.45) is 1.27. The van der Waals surface area contributed by atoms with E-state index in [1.54, 1.807) is 0 Å². The number of amides is 1. The van der Waals surface area contributed by atoms with Crippen molar-refractivity contribution in [3.63, 3.8) is 0 Å². The minimum absolute atomic E-state index is 0.0763. The number of nitrogens with one attached hydrogen (secondary N) is 1. The quantitative estimate of drug-likeness (QED) is 0.825. The molecule has 0 aliphatic heterocycles. The molecule has 0 aliphatic carbocycles. The number of anilines is 1. The van der Waals surface area contributed by atoms with Crippen LogP contribution in [0, 0.1) is 0 Å². The van der Waals surface area contributed by atoms with Gasteiger partial charge in [-0.15, -0.1) is 0 Å². The van der Waals surface area contributed by atoms with Gasteiger partial charge in [0.1, 0.15) is 5.75 Å². The molecule has 0 saturated carbocycles. The minimum atomic E-state index is -0.0763. The van der Waals surface area contributed by atoms with E-state index in [1.165, 1.54) is 5.56 Å². The number of carbonyl (C=O) groups is 1. The number of benzene rings is 2. The fourth-order valence-electron chi connectivity index (χ4n) is 2.15. The Morgan fingerprint density at radius 1 is 1.18 bits per heavy atom. The lowest BCUT2D eigenvalue weighted by Crippen LogP contribution is -2.16. The second kappa shape index (κ2) is 8.20. The van der Waals surface area contributed by atoms with E-state index in [2.05, 4.69) is 18.3 Å². The number of rotatable bonds is 7. The SMILES string of the molecule is CCc1cccc(OCCC(=O)Nc2ccccc2CN)c1. The molecule has 2 aromatic carbocycles. The zero-order valence-corrected chi connectivity index (χ0v) is 12.8. The lowest BCUT2D eigenvalue weighted by molar-refractivity contribution is -0.116. The molecule has 0 unspecified atom stereocenters. The van der Waals surface area contributed by atoms with Crippen molar-refractivity contribution in [1.82, 2.24) is 0 Å². The Hall–Kier alpha value is -2.33. The number of aryl methyl sites for hydroxylation is 1. The number of ether oxygens (including phenoxy) is 1. The number of carbonyl (C=O) groups excluding carboxylic acids is 1. The Morgan fingerprint density at radius 2 is 2.00 bits per heavy atom. The molecule has 0 aromatic heterocycles. The Labute approximate surface area is 131 Å². The highest BCUT2D eigenvalue weighted by molar-refractivity contribution is 5.91. The fourth-order valence-corrected chi connectivity index (χ4v) is 2.15. The zero-order valence-electron chi connectivity index (χ0n) is 12.8. The van der Waals surface area contributed by atoms with Crippen LogP contribution in [0.4, 0.5) is 5.69 Å². The maximum absolute atomic E-state index is 12.0. The molecular formula is C18H22N2O2. The van der Waals surface area contributed by atoms with Crippen LogP contribution in [0.2, 0.25) is 0 Å². The molecule has 4 heteroatoms. The van der Waals surface area contributed by atoms with Crippen LogP contribution in [0.1, 0.15) is 24.5 Å². The van der Waals surface area contributed by atoms with Gasteiger partial charge in [-0.1, -0.05) is 37.3 Å². The Bertz CT molecular complexity index is 626. The van der Waals surface area contributed by atoms with Crippen LogP contribution >= 0.6 is 0 Å². The van der Waals surface area contributed by atoms with Crippen molar-refractivity contribution < 1.29 is 9.53 Å². The first kappa shape index (κ1) is 16.0. The number of hydrogen-bond acceptors (Lipinski definition) is 3. The van der Waals surface area contributed by atoms with Gasteiger partial charge in [0, 0.05) is 12.2 Å². The van der Waals surface area contributed by atoms with E-state index in [0.717, 1.165) is 23.4 Å². The van der Waals surface area contributed by atoms with E-state index >= 15 is 0 Å². The third-order valence-corrected chi connectivity index (χ3v) is 3.42. The summed E-state index contributed by atoms with van der Waals surface area (Å²) < 4.78 is 5.63. The number of hydrogen-bond donors (Lipinski definition) is 2. The van der Waals surface area contributed by atoms with Crippen molar-refractivity contribution in [3.8, 4) is 5.75 Å². The van der Waals surface area contributed by atoms with Gasteiger partial charge in [0.15, 0.2) is 0 Å². The van der Waals surface area contributed by atoms with Gasteiger partial charge >= 0.3 is 0 Å². The molecular weight excluding hydrogens is 276 g/mol. The first-order chi connectivity index (χ1) is 10.7. The summed E-state index contributed by atoms with van der Waals surface area (Å²) in [5, 5.41) is 2.87. The standard InChI is InChI=1S/C18H22N2O2/c1-2-14-6-5-8-16(12-14)22-11-10-18(21)20-17-9-4-3-7-15(17)13-19/h3-9,12H,2,10-11,13,19H2,1H3,(H,20,21). The summed E-state index contributed by atoms with van der Waals surface area (Å²) in [4.78, 5) is 12.0. The molecule has 1 amide bonds. The minimum Gasteiger partial charge on any atom is -0.493 e. The predicted molar refractivity (Wildman–Crippen MR) is 88.9 cm³/mol. The molecule has 0 aliphatic rings. The van der Waals surface area contributed by atoms with Crippen LogP contribution in [0.15, 0.2) is 48.5 Å². The fraction of sp³-hybridized carbons (Fsp3) is 0.278. The maximum atomic E-state index is 12.0. The van der Waals surface area contributed by atoms with Crippen molar-refractivity contribution in [2.24, 2.45) is 5.73 Å². The van der Waals surface area contributed by atoms with E-state index in [9.17, 15) is 4.79 Å². The van der Waals surface area contributed by atoms with Crippen molar-refractivity contribution in [2.75, 3.05) is 11.9 Å². The molecule has 0 atom stereocenters. The number of para-hydroxylation sites is 1. The van der Waals surface area contributed by atoms with Gasteiger partial charge in [0.05, 0.1) is 13.0 Å². The monoisotopic (exact) mass is 298 g/mol. The average Bonchev–Trinajstić information content (AvgIpc) is 2.55. The van der Waals surface area contributed by atoms with E-state index in [1.807, 2.05) is 42.5 Å². The lowest BCUT2D eigenvalue weighted by Gasteiger charge is -2.10. The first-order valence-electron chi connectivity index (χ1n) is 7.52. The molecule has 2 rings (SSSR count). The molecule has 3 N–H and O–H groups in total. The topological polar surface area (TPSA) is 64.3 Å². The van der Waals surface area contributed by atoms with E-state index in [0.29, 0.717) is 19.6 Å². The average molecular weight is 298 g/mol. The summed E-state index contributed by atoms with van der Waals surface area (Å²) >= 11 is 0. The van der Waals surface area contributed by atoms with E-state index in [4.69, 9.17) is 10.5 Å². The highest BCUT2D eigenvalue weighted by Crippen LogP contribution is 2.15. The lowest BCUT2D eigenvalue weighted by atomic mass is 10.1. The zero-order chi connectivity index (χ0) is 15.8. The summed E-state index contributed by atoms with van der Waals surface area (Å²) in [6, 6.07) is 15.5. The normalized spacial score (nSPS) is 10.3. The highest BCUT2D eigenvalue weighted by atomic mass is 16.5. The molecule has 116 valence electrons. The van der Waals surface area contributed by atoms with Gasteiger partial charge in [-0.2, -0.15) is 0 Å². The predicted octanol–water partition coefficient (Wildman–Crippen LogP) is 3.12. The molecule has 0 spiro atoms. The largest absolute Gasteiger partial charge is 0.493 e. The van der Waals surface area contributed by atoms with Crippen molar-refractivity contribution in [2.45, 2.75) is 26.3 Å². The van der Waals surface area contributed by atoms with Gasteiger partial charge in [0.25, 0.3) is 0 Å². The van der Waals surface area contributed by atoms with Crippen molar-refractivity contribution in [1.29, 1.82) is 0 Å². The van der Waals surface area contributed by atoms with Crippen LogP contribution < -0.4 is 15.8 Å². The molecule has 2 aromatic rings. The van der Waals surface area contributed by atoms with Gasteiger partial charge in [0.2, 0.25) is 5.91 Å². The summed E-state index contributed by atoms with van der Waals surface area (Å²) in [7, 11) is 0. The maximum Gasteiger partial charge on any atom is 0.227 e. The Kier molecular flexibility index (Phi) is 5.98. The van der Waals surface area contributed by atoms with Crippen molar-refractivity contribution >= 4 is 11.6 Å². The molecule has 0 radical (unpaired) electrons. The number of nitrogens with two attached hydrogens (primary N) is 1. The summed E-state index contributed by atoms with van der Waals surface area (Å²) in [5.74, 6) is 0.724. The molecule has 0 fully saturated rings. The summed E-state index contributed by atoms with van der Waals surface area (Å²) in [5.41, 5.74) is 8.57. The molecule has 0 saturated heterocycles. The highest BCUT2D eigenvalue weighted by Gasteiger charge is 2.06. The second-order valence-electron chi connectivity index (χ2n) is 5.01. The van der Waals surface area contributed by atoms with E-state index < -0.39 is 0 Å². The van der Waals surface area contributed by atoms with Crippen LogP contribution in [0.5, 0.6) is 5.75 Å². The second-order valence-corrected chi connectivity index (χ2v) is 5.01. The van der Waals surface area contributed by atoms with Crippen molar-refractivity contribution in [3.05, 3.63) is 59.7 Å². The smallest absolute Gasteiger partial charge is 0.227 e. The van der Waals surface area contributed by atoms with Crippen LogP contribution in [0.3, 0.4) is 0 Å². The van der Waals surface area contributed by atoms with Crippen LogP contribution in [0.25, 0.3) is 0 Å². The van der Waals surface area contributed by atoms with E-state index in [-0.39, 0.29) is 5.91 Å².